The largest absolute Gasteiger partial charge is 0.118 e. The number of allylic oxidation sites excluding steroid dienone is 2. The van der Waals surface area contributed by atoms with Crippen molar-refractivity contribution in [2.75, 3.05) is 5.33 Å². The molecule has 0 spiro atoms. The monoisotopic (exact) mass is 314 g/mol. The summed E-state index contributed by atoms with van der Waals surface area (Å²) >= 11 is 16.0. The predicted molar refractivity (Wildman–Crippen MR) is 75.2 cm³/mol. The summed E-state index contributed by atoms with van der Waals surface area (Å²) < 4.78 is 0. The Morgan fingerprint density at radius 3 is 2.07 bits per heavy atom. The van der Waals surface area contributed by atoms with Crippen LogP contribution in [0.15, 0.2) is 11.1 Å². The molecule has 0 amide bonds. The summed E-state index contributed by atoms with van der Waals surface area (Å²) in [5, 5.41) is 1.77. The third-order valence-corrected chi connectivity index (χ3v) is 4.30. The molecule has 1 unspecified atom stereocenters. The number of hydrogen-bond acceptors (Lipinski definition) is 0. The fourth-order valence-corrected chi connectivity index (χ4v) is 2.43. The second-order valence-corrected chi connectivity index (χ2v) is 7.26. The van der Waals surface area contributed by atoms with Gasteiger partial charge in [-0.3, -0.25) is 0 Å². The first-order chi connectivity index (χ1) is 6.61. The number of alkyl halides is 2. The van der Waals surface area contributed by atoms with Gasteiger partial charge in [0.05, 0.1) is 5.38 Å². The van der Waals surface area contributed by atoms with Crippen LogP contribution in [-0.4, -0.2) is 10.7 Å². The van der Waals surface area contributed by atoms with Crippen LogP contribution in [-0.2, 0) is 0 Å². The maximum absolute atomic E-state index is 6.37. The molecule has 0 aromatic carbocycles. The van der Waals surface area contributed by atoms with Crippen molar-refractivity contribution in [1.29, 1.82) is 0 Å². The minimum absolute atomic E-state index is 0.0147. The molecule has 0 saturated heterocycles. The second kappa shape index (κ2) is 5.93. The minimum Gasteiger partial charge on any atom is -0.118 e. The Kier molecular flexibility index (Phi) is 6.25. The Labute approximate surface area is 113 Å². The van der Waals surface area contributed by atoms with Crippen LogP contribution in [0.3, 0.4) is 0 Å². The van der Waals surface area contributed by atoms with Gasteiger partial charge < -0.3 is 0 Å². The van der Waals surface area contributed by atoms with Crippen molar-refractivity contribution in [2.24, 2.45) is 10.8 Å². The molecule has 3 heteroatoms. The van der Waals surface area contributed by atoms with E-state index >= 15 is 0 Å². The van der Waals surface area contributed by atoms with Crippen LogP contribution in [0.2, 0.25) is 0 Å². The molecule has 1 atom stereocenters. The van der Waals surface area contributed by atoms with Crippen molar-refractivity contribution in [3.8, 4) is 0 Å². The van der Waals surface area contributed by atoms with E-state index in [0.717, 1.165) is 16.8 Å². The highest BCUT2D eigenvalue weighted by Gasteiger charge is 2.27. The van der Waals surface area contributed by atoms with Gasteiger partial charge in [0.25, 0.3) is 0 Å². The highest BCUT2D eigenvalue weighted by Crippen LogP contribution is 2.36. The van der Waals surface area contributed by atoms with Gasteiger partial charge >= 0.3 is 0 Å². The van der Waals surface area contributed by atoms with Crippen molar-refractivity contribution in [3.05, 3.63) is 11.1 Å². The van der Waals surface area contributed by atoms with Gasteiger partial charge in [-0.05, 0) is 17.3 Å². The molecule has 0 nitrogen and oxygen atoms in total. The molecule has 0 radical (unpaired) electrons. The first kappa shape index (κ1) is 15.8. The van der Waals surface area contributed by atoms with E-state index in [4.69, 9.17) is 23.2 Å². The highest BCUT2D eigenvalue weighted by molar-refractivity contribution is 9.09. The van der Waals surface area contributed by atoms with Crippen molar-refractivity contribution in [1.82, 2.24) is 0 Å². The number of halogens is 3. The third kappa shape index (κ3) is 5.60. The lowest BCUT2D eigenvalue weighted by Gasteiger charge is -2.29. The van der Waals surface area contributed by atoms with Crippen LogP contribution in [0.25, 0.3) is 0 Å². The summed E-state index contributed by atoms with van der Waals surface area (Å²) in [5.74, 6) is 0. The average molecular weight is 316 g/mol. The summed E-state index contributed by atoms with van der Waals surface area (Å²) in [5.41, 5.74) is 0.0512. The van der Waals surface area contributed by atoms with E-state index in [0.29, 0.717) is 0 Å². The smallest absolute Gasteiger partial charge is 0.0581 e. The Morgan fingerprint density at radius 1 is 1.27 bits per heavy atom. The second-order valence-electron chi connectivity index (χ2n) is 5.59. The summed E-state index contributed by atoms with van der Waals surface area (Å²) in [4.78, 5) is 0. The molecule has 0 aliphatic carbocycles. The molecule has 0 N–H and O–H groups in total. The van der Waals surface area contributed by atoms with Crippen molar-refractivity contribution in [2.45, 2.75) is 46.4 Å². The van der Waals surface area contributed by atoms with E-state index in [1.54, 1.807) is 0 Å². The van der Waals surface area contributed by atoms with E-state index in [1.807, 2.05) is 6.08 Å². The fraction of sp³-hybridized carbons (Fsp3) is 0.833. The van der Waals surface area contributed by atoms with Gasteiger partial charge in [-0.2, -0.15) is 0 Å². The van der Waals surface area contributed by atoms with Crippen LogP contribution in [0.4, 0.5) is 0 Å². The topological polar surface area (TPSA) is 0 Å². The van der Waals surface area contributed by atoms with Gasteiger partial charge in [0.15, 0.2) is 0 Å². The first-order valence-electron chi connectivity index (χ1n) is 5.19. The maximum atomic E-state index is 6.37. The summed E-state index contributed by atoms with van der Waals surface area (Å²) in [6.07, 6.45) is 3.01. The summed E-state index contributed by atoms with van der Waals surface area (Å²) in [7, 11) is 0. The summed E-state index contributed by atoms with van der Waals surface area (Å²) in [6, 6.07) is 0. The van der Waals surface area contributed by atoms with Crippen LogP contribution in [0.1, 0.15) is 41.0 Å². The van der Waals surface area contributed by atoms with E-state index in [9.17, 15) is 0 Å². The van der Waals surface area contributed by atoms with Crippen LogP contribution < -0.4 is 0 Å². The van der Waals surface area contributed by atoms with Gasteiger partial charge in [0, 0.05) is 10.4 Å². The standard InChI is InChI=1S/C12H21BrCl2/c1-11(2,3)9(14)8-10(15)12(4,5)6-7-13/h8,10H,6-7H2,1-5H3. The fourth-order valence-electron chi connectivity index (χ4n) is 0.985. The zero-order valence-corrected chi connectivity index (χ0v) is 13.3. The van der Waals surface area contributed by atoms with Gasteiger partial charge in [-0.1, -0.05) is 68.2 Å². The molecule has 0 aliphatic heterocycles. The highest BCUT2D eigenvalue weighted by atomic mass is 79.9. The molecule has 0 aromatic heterocycles. The number of rotatable bonds is 4. The minimum atomic E-state index is -0.0261. The Hall–Kier alpha value is 0.800. The van der Waals surface area contributed by atoms with Crippen molar-refractivity contribution < 1.29 is 0 Å². The van der Waals surface area contributed by atoms with Crippen LogP contribution in [0.5, 0.6) is 0 Å². The molecule has 15 heavy (non-hydrogen) atoms. The van der Waals surface area contributed by atoms with E-state index < -0.39 is 0 Å². The number of hydrogen-bond donors (Lipinski definition) is 0. The van der Waals surface area contributed by atoms with Gasteiger partial charge in [-0.15, -0.1) is 11.6 Å². The molecule has 0 rings (SSSR count). The Bertz CT molecular complexity index is 226. The normalized spacial score (nSPS) is 16.7. The Balaban J connectivity index is 4.67. The lowest BCUT2D eigenvalue weighted by molar-refractivity contribution is 0.365. The first-order valence-corrected chi connectivity index (χ1v) is 7.12. The lowest BCUT2D eigenvalue weighted by Crippen LogP contribution is -2.24. The molecular weight excluding hydrogens is 295 g/mol. The van der Waals surface area contributed by atoms with E-state index in [2.05, 4.69) is 50.5 Å². The van der Waals surface area contributed by atoms with Crippen LogP contribution >= 0.6 is 39.1 Å². The van der Waals surface area contributed by atoms with E-state index in [-0.39, 0.29) is 16.2 Å². The van der Waals surface area contributed by atoms with Gasteiger partial charge in [0.2, 0.25) is 0 Å². The lowest BCUT2D eigenvalue weighted by atomic mass is 9.84. The quantitative estimate of drug-likeness (QED) is 0.595. The zero-order valence-electron chi connectivity index (χ0n) is 10.2. The van der Waals surface area contributed by atoms with Crippen molar-refractivity contribution in [3.63, 3.8) is 0 Å². The van der Waals surface area contributed by atoms with E-state index in [1.165, 1.54) is 0 Å². The molecule has 0 aliphatic rings. The average Bonchev–Trinajstić information content (AvgIpc) is 2.01. The maximum Gasteiger partial charge on any atom is 0.0581 e. The molecule has 0 fully saturated rings. The van der Waals surface area contributed by atoms with Gasteiger partial charge in [0.1, 0.15) is 0 Å². The Morgan fingerprint density at radius 2 is 1.73 bits per heavy atom. The molecule has 0 saturated carbocycles. The van der Waals surface area contributed by atoms with Gasteiger partial charge in [-0.25, -0.2) is 0 Å². The SMILES string of the molecule is CC(C)(C)C(Cl)=CC(Cl)C(C)(C)CCBr. The molecule has 0 heterocycles. The third-order valence-electron chi connectivity index (χ3n) is 2.49. The van der Waals surface area contributed by atoms with Crippen LogP contribution in [0, 0.1) is 10.8 Å². The molecule has 0 aromatic rings. The zero-order chi connectivity index (χ0) is 12.3. The molecular formula is C12H21BrCl2. The molecule has 0 bridgehead atoms. The molecule has 90 valence electrons. The summed E-state index contributed by atoms with van der Waals surface area (Å²) in [6.45, 7) is 10.6. The predicted octanol–water partition coefficient (Wildman–Crippen LogP) is 5.57. The van der Waals surface area contributed by atoms with Crippen molar-refractivity contribution >= 4 is 39.1 Å².